The lowest BCUT2D eigenvalue weighted by Gasteiger charge is -2.29. The second kappa shape index (κ2) is 10.8. The Morgan fingerprint density at radius 3 is 2.34 bits per heavy atom. The molecule has 2 fully saturated rings. The molecule has 1 aromatic heterocycles. The van der Waals surface area contributed by atoms with E-state index in [1.54, 1.807) is 16.4 Å². The maximum atomic E-state index is 13.4. The van der Waals surface area contributed by atoms with Gasteiger partial charge in [-0.1, -0.05) is 66.7 Å². The van der Waals surface area contributed by atoms with Gasteiger partial charge in [0.1, 0.15) is 21.8 Å². The molecule has 0 unspecified atom stereocenters. The fourth-order valence-electron chi connectivity index (χ4n) is 4.70. The van der Waals surface area contributed by atoms with Crippen LogP contribution < -0.4 is 10.5 Å². The van der Waals surface area contributed by atoms with Crippen molar-refractivity contribution in [1.29, 1.82) is 5.26 Å². The van der Waals surface area contributed by atoms with Gasteiger partial charge in [-0.3, -0.25) is 19.1 Å². The molecule has 4 rings (SSSR count). The van der Waals surface area contributed by atoms with E-state index >= 15 is 0 Å². The van der Waals surface area contributed by atoms with Gasteiger partial charge in [0, 0.05) is 25.2 Å². The number of hydrogen-bond acceptors (Lipinski definition) is 6. The maximum Gasteiger partial charge on any atom is 0.270 e. The van der Waals surface area contributed by atoms with Gasteiger partial charge in [0.2, 0.25) is 0 Å². The van der Waals surface area contributed by atoms with Crippen LogP contribution in [0.1, 0.15) is 60.4 Å². The van der Waals surface area contributed by atoms with Crippen LogP contribution in [0.2, 0.25) is 0 Å². The summed E-state index contributed by atoms with van der Waals surface area (Å²) in [7, 11) is 0. The smallest absolute Gasteiger partial charge is 0.270 e. The van der Waals surface area contributed by atoms with Gasteiger partial charge in [-0.05, 0) is 50.8 Å². The van der Waals surface area contributed by atoms with Crippen molar-refractivity contribution in [3.05, 3.63) is 67.3 Å². The molecule has 1 amide bonds. The zero-order valence-corrected chi connectivity index (χ0v) is 22.1. The standard InChI is InChI=1S/C27H30N4O2S2/c1-4-30-24(29-13-7-5-6-8-14-29)21(19(3)22(16-28)25(30)32)15-23-26(33)31(27(34)35-23)17-20-11-9-18(2)10-12-20/h9-12,15H,4-8,13-14,17H2,1-3H3. The number of aromatic nitrogens is 1. The molecule has 2 aliphatic heterocycles. The highest BCUT2D eigenvalue weighted by molar-refractivity contribution is 8.26. The molecule has 35 heavy (non-hydrogen) atoms. The van der Waals surface area contributed by atoms with Gasteiger partial charge in [-0.25, -0.2) is 0 Å². The number of benzene rings is 1. The molecule has 0 bridgehead atoms. The molecule has 0 saturated carbocycles. The van der Waals surface area contributed by atoms with Gasteiger partial charge in [-0.2, -0.15) is 5.26 Å². The van der Waals surface area contributed by atoms with Crippen LogP contribution in [-0.4, -0.2) is 32.8 Å². The largest absolute Gasteiger partial charge is 0.357 e. The van der Waals surface area contributed by atoms with Crippen molar-refractivity contribution in [2.75, 3.05) is 18.0 Å². The molecule has 3 heterocycles. The first-order valence-corrected chi connectivity index (χ1v) is 13.3. The van der Waals surface area contributed by atoms with E-state index in [2.05, 4.69) is 11.0 Å². The zero-order chi connectivity index (χ0) is 25.1. The first-order chi connectivity index (χ1) is 16.8. The highest BCUT2D eigenvalue weighted by Gasteiger charge is 2.33. The molecule has 8 heteroatoms. The first kappa shape index (κ1) is 25.2. The van der Waals surface area contributed by atoms with Gasteiger partial charge < -0.3 is 4.90 Å². The van der Waals surface area contributed by atoms with E-state index in [1.165, 1.54) is 11.8 Å². The number of anilines is 1. The zero-order valence-electron chi connectivity index (χ0n) is 20.5. The summed E-state index contributed by atoms with van der Waals surface area (Å²) >= 11 is 6.85. The summed E-state index contributed by atoms with van der Waals surface area (Å²) in [5, 5.41) is 9.77. The average molecular weight is 507 g/mol. The van der Waals surface area contributed by atoms with Crippen LogP contribution in [0.4, 0.5) is 5.82 Å². The van der Waals surface area contributed by atoms with E-state index < -0.39 is 0 Å². The van der Waals surface area contributed by atoms with Crippen molar-refractivity contribution >= 4 is 46.1 Å². The Hall–Kier alpha value is -2.89. The van der Waals surface area contributed by atoms with Crippen LogP contribution >= 0.6 is 24.0 Å². The van der Waals surface area contributed by atoms with Crippen molar-refractivity contribution in [2.24, 2.45) is 0 Å². The van der Waals surface area contributed by atoms with Crippen LogP contribution in [0.3, 0.4) is 0 Å². The third kappa shape index (κ3) is 5.07. The quantitative estimate of drug-likeness (QED) is 0.413. The number of carbonyl (C=O) groups excluding carboxylic acids is 1. The average Bonchev–Trinajstić information content (AvgIpc) is 3.02. The molecule has 1 aromatic carbocycles. The van der Waals surface area contributed by atoms with Gasteiger partial charge in [0.25, 0.3) is 11.5 Å². The van der Waals surface area contributed by atoms with E-state index in [4.69, 9.17) is 12.2 Å². The number of amides is 1. The molecule has 2 saturated heterocycles. The minimum absolute atomic E-state index is 0.131. The summed E-state index contributed by atoms with van der Waals surface area (Å²) in [4.78, 5) is 31.0. The summed E-state index contributed by atoms with van der Waals surface area (Å²) in [5.74, 6) is 0.661. The lowest BCUT2D eigenvalue weighted by atomic mass is 10.0. The molecule has 2 aromatic rings. The fourth-order valence-corrected chi connectivity index (χ4v) is 5.94. The minimum Gasteiger partial charge on any atom is -0.357 e. The van der Waals surface area contributed by atoms with Crippen molar-refractivity contribution in [3.8, 4) is 6.07 Å². The number of hydrogen-bond donors (Lipinski definition) is 0. The summed E-state index contributed by atoms with van der Waals surface area (Å²) in [6.07, 6.45) is 6.27. The molecule has 2 aliphatic rings. The Kier molecular flexibility index (Phi) is 7.78. The van der Waals surface area contributed by atoms with Crippen LogP contribution in [0.25, 0.3) is 6.08 Å². The molecule has 0 spiro atoms. The number of thiocarbonyl (C=S) groups is 1. The Bertz CT molecular complexity index is 1280. The van der Waals surface area contributed by atoms with Crippen molar-refractivity contribution in [3.63, 3.8) is 0 Å². The third-order valence-corrected chi connectivity index (χ3v) is 8.06. The molecule has 0 radical (unpaired) electrons. The van der Waals surface area contributed by atoms with Crippen molar-refractivity contribution in [1.82, 2.24) is 9.47 Å². The van der Waals surface area contributed by atoms with Gasteiger partial charge in [-0.15, -0.1) is 0 Å². The highest BCUT2D eigenvalue weighted by Crippen LogP contribution is 2.37. The monoisotopic (exact) mass is 506 g/mol. The van der Waals surface area contributed by atoms with E-state index in [9.17, 15) is 14.9 Å². The SMILES string of the molecule is CCn1c(N2CCCCCC2)c(C=C2SC(=S)N(Cc3ccc(C)cc3)C2=O)c(C)c(C#N)c1=O. The molecular formula is C27H30N4O2S2. The number of aryl methyl sites for hydroxylation is 1. The Balaban J connectivity index is 1.79. The summed E-state index contributed by atoms with van der Waals surface area (Å²) < 4.78 is 2.20. The molecular weight excluding hydrogens is 476 g/mol. The third-order valence-electron chi connectivity index (χ3n) is 6.68. The normalized spacial score (nSPS) is 17.7. The number of rotatable bonds is 5. The van der Waals surface area contributed by atoms with E-state index in [-0.39, 0.29) is 17.0 Å². The summed E-state index contributed by atoms with van der Waals surface area (Å²) in [5.41, 5.74) is 3.42. The molecule has 0 N–H and O–H groups in total. The van der Waals surface area contributed by atoms with Gasteiger partial charge in [0.05, 0.1) is 11.4 Å². The van der Waals surface area contributed by atoms with Crippen LogP contribution in [0.5, 0.6) is 0 Å². The maximum absolute atomic E-state index is 13.4. The predicted molar refractivity (Wildman–Crippen MR) is 146 cm³/mol. The Morgan fingerprint density at radius 2 is 1.74 bits per heavy atom. The topological polar surface area (TPSA) is 69.3 Å². The Morgan fingerprint density at radius 1 is 1.09 bits per heavy atom. The lowest BCUT2D eigenvalue weighted by Crippen LogP contribution is -2.35. The van der Waals surface area contributed by atoms with E-state index in [0.29, 0.717) is 27.9 Å². The summed E-state index contributed by atoms with van der Waals surface area (Å²) in [6, 6.07) is 10.2. The Labute approximate surface area is 216 Å². The van der Waals surface area contributed by atoms with E-state index in [0.717, 1.165) is 61.3 Å². The van der Waals surface area contributed by atoms with Crippen LogP contribution in [0.15, 0.2) is 34.0 Å². The van der Waals surface area contributed by atoms with Crippen LogP contribution in [-0.2, 0) is 17.9 Å². The van der Waals surface area contributed by atoms with Gasteiger partial charge >= 0.3 is 0 Å². The second-order valence-corrected chi connectivity index (χ2v) is 10.7. The molecule has 0 aliphatic carbocycles. The summed E-state index contributed by atoms with van der Waals surface area (Å²) in [6.45, 7) is 8.32. The number of pyridine rings is 1. The van der Waals surface area contributed by atoms with Crippen molar-refractivity contribution < 1.29 is 4.79 Å². The lowest BCUT2D eigenvalue weighted by molar-refractivity contribution is -0.122. The number of nitriles is 1. The molecule has 182 valence electrons. The predicted octanol–water partition coefficient (Wildman–Crippen LogP) is 5.14. The second-order valence-electron chi connectivity index (χ2n) is 9.05. The molecule has 0 atom stereocenters. The number of carbonyl (C=O) groups is 1. The number of thioether (sulfide) groups is 1. The van der Waals surface area contributed by atoms with Gasteiger partial charge in [0.15, 0.2) is 0 Å². The first-order valence-electron chi connectivity index (χ1n) is 12.1. The molecule has 6 nitrogen and oxygen atoms in total. The fraction of sp³-hybridized carbons (Fsp3) is 0.407. The van der Waals surface area contributed by atoms with Crippen molar-refractivity contribution in [2.45, 2.75) is 59.5 Å². The number of nitrogens with zero attached hydrogens (tertiary/aromatic N) is 4. The highest BCUT2D eigenvalue weighted by atomic mass is 32.2. The van der Waals surface area contributed by atoms with E-state index in [1.807, 2.05) is 44.2 Å². The van der Waals surface area contributed by atoms with Crippen LogP contribution in [0, 0.1) is 25.2 Å². The minimum atomic E-state index is -0.268.